The van der Waals surface area contributed by atoms with Crippen molar-refractivity contribution in [2.24, 2.45) is 0 Å². The molecule has 0 radical (unpaired) electrons. The van der Waals surface area contributed by atoms with Crippen LogP contribution in [0.2, 0.25) is 0 Å². The third-order valence-corrected chi connectivity index (χ3v) is 3.12. The molecule has 0 aliphatic rings. The number of hydrogen-bond donors (Lipinski definition) is 1. The Bertz CT molecular complexity index is 531. The van der Waals surface area contributed by atoms with Crippen LogP contribution in [0.5, 0.6) is 0 Å². The number of fused-ring (bicyclic) bond motifs is 1. The molecule has 0 atom stereocenters. The van der Waals surface area contributed by atoms with E-state index in [0.29, 0.717) is 0 Å². The molecule has 2 aromatic rings. The van der Waals surface area contributed by atoms with Gasteiger partial charge in [0.15, 0.2) is 0 Å². The molecule has 0 saturated heterocycles. The van der Waals surface area contributed by atoms with Gasteiger partial charge >= 0.3 is 0 Å². The van der Waals surface area contributed by atoms with Crippen molar-refractivity contribution in [2.75, 3.05) is 6.54 Å². The van der Waals surface area contributed by atoms with E-state index < -0.39 is 0 Å². The summed E-state index contributed by atoms with van der Waals surface area (Å²) in [6, 6.07) is 15.0. The van der Waals surface area contributed by atoms with E-state index in [-0.39, 0.29) is 0 Å². The van der Waals surface area contributed by atoms with Gasteiger partial charge in [0.2, 0.25) is 0 Å². The van der Waals surface area contributed by atoms with Gasteiger partial charge in [-0.15, -0.1) is 12.3 Å². The lowest BCUT2D eigenvalue weighted by atomic mass is 10.0. The SMILES string of the molecule is C#CCCCCNCc1cccc2ccccc12. The summed E-state index contributed by atoms with van der Waals surface area (Å²) in [7, 11) is 0. The van der Waals surface area contributed by atoms with Gasteiger partial charge in [-0.1, -0.05) is 42.5 Å². The highest BCUT2D eigenvalue weighted by atomic mass is 14.8. The number of nitrogens with one attached hydrogen (secondary N) is 1. The zero-order chi connectivity index (χ0) is 12.6. The van der Waals surface area contributed by atoms with Crippen molar-refractivity contribution in [3.05, 3.63) is 48.0 Å². The molecule has 0 fully saturated rings. The minimum absolute atomic E-state index is 0.885. The fourth-order valence-electron chi connectivity index (χ4n) is 2.15. The molecule has 0 bridgehead atoms. The highest BCUT2D eigenvalue weighted by molar-refractivity contribution is 5.85. The largest absolute Gasteiger partial charge is 0.313 e. The van der Waals surface area contributed by atoms with Crippen molar-refractivity contribution in [3.8, 4) is 12.3 Å². The molecule has 0 aromatic heterocycles. The summed E-state index contributed by atoms with van der Waals surface area (Å²) in [6.45, 7) is 1.96. The Morgan fingerprint density at radius 2 is 1.83 bits per heavy atom. The van der Waals surface area contributed by atoms with Gasteiger partial charge in [-0.05, 0) is 35.7 Å². The third-order valence-electron chi connectivity index (χ3n) is 3.12. The van der Waals surface area contributed by atoms with Gasteiger partial charge in [0, 0.05) is 13.0 Å². The van der Waals surface area contributed by atoms with Gasteiger partial charge in [0.05, 0.1) is 0 Å². The number of unbranched alkanes of at least 4 members (excludes halogenated alkanes) is 2. The lowest BCUT2D eigenvalue weighted by Gasteiger charge is -2.07. The van der Waals surface area contributed by atoms with Crippen molar-refractivity contribution in [2.45, 2.75) is 25.8 Å². The molecule has 0 spiro atoms. The fourth-order valence-corrected chi connectivity index (χ4v) is 2.15. The maximum Gasteiger partial charge on any atom is 0.0211 e. The standard InChI is InChI=1S/C17H19N/c1-2-3-4-7-13-18-14-16-11-8-10-15-9-5-6-12-17(15)16/h1,5-6,8-12,18H,3-4,7,13-14H2. The van der Waals surface area contributed by atoms with Crippen LogP contribution in [0.3, 0.4) is 0 Å². The van der Waals surface area contributed by atoms with Crippen LogP contribution in [0.1, 0.15) is 24.8 Å². The quantitative estimate of drug-likeness (QED) is 0.596. The van der Waals surface area contributed by atoms with Crippen molar-refractivity contribution >= 4 is 10.8 Å². The van der Waals surface area contributed by atoms with Crippen LogP contribution >= 0.6 is 0 Å². The van der Waals surface area contributed by atoms with Crippen LogP contribution in [0.15, 0.2) is 42.5 Å². The predicted octanol–water partition coefficient (Wildman–Crippen LogP) is 3.73. The Morgan fingerprint density at radius 1 is 1.00 bits per heavy atom. The maximum absolute atomic E-state index is 5.23. The highest BCUT2D eigenvalue weighted by Crippen LogP contribution is 2.18. The van der Waals surface area contributed by atoms with Crippen molar-refractivity contribution in [3.63, 3.8) is 0 Å². The number of terminal acetylenes is 1. The molecular formula is C17H19N. The minimum atomic E-state index is 0.885. The Labute approximate surface area is 109 Å². The van der Waals surface area contributed by atoms with E-state index in [2.05, 4.69) is 53.7 Å². The molecule has 0 saturated carbocycles. The summed E-state index contributed by atoms with van der Waals surface area (Å²) < 4.78 is 0. The smallest absolute Gasteiger partial charge is 0.0211 e. The normalized spacial score (nSPS) is 10.4. The first-order valence-electron chi connectivity index (χ1n) is 6.52. The monoisotopic (exact) mass is 237 g/mol. The van der Waals surface area contributed by atoms with E-state index >= 15 is 0 Å². The van der Waals surface area contributed by atoms with Gasteiger partial charge in [-0.25, -0.2) is 0 Å². The molecule has 1 heteroatoms. The third kappa shape index (κ3) is 3.35. The topological polar surface area (TPSA) is 12.0 Å². The molecule has 2 aromatic carbocycles. The van der Waals surface area contributed by atoms with Crippen LogP contribution < -0.4 is 5.32 Å². The second kappa shape index (κ2) is 6.83. The fraction of sp³-hybridized carbons (Fsp3) is 0.294. The first-order valence-corrected chi connectivity index (χ1v) is 6.52. The zero-order valence-electron chi connectivity index (χ0n) is 10.7. The lowest BCUT2D eigenvalue weighted by molar-refractivity contribution is 0.631. The molecule has 0 heterocycles. The van der Waals surface area contributed by atoms with E-state index in [1.54, 1.807) is 0 Å². The number of benzene rings is 2. The van der Waals surface area contributed by atoms with Gasteiger partial charge in [0.25, 0.3) is 0 Å². The Kier molecular flexibility index (Phi) is 4.81. The highest BCUT2D eigenvalue weighted by Gasteiger charge is 1.99. The van der Waals surface area contributed by atoms with Crippen LogP contribution in [0.25, 0.3) is 10.8 Å². The summed E-state index contributed by atoms with van der Waals surface area (Å²) in [6.07, 6.45) is 8.37. The van der Waals surface area contributed by atoms with E-state index in [0.717, 1.165) is 32.4 Å². The summed E-state index contributed by atoms with van der Waals surface area (Å²) in [5.74, 6) is 2.67. The molecular weight excluding hydrogens is 218 g/mol. The van der Waals surface area contributed by atoms with Crippen molar-refractivity contribution < 1.29 is 0 Å². The second-order valence-electron chi connectivity index (χ2n) is 4.48. The zero-order valence-corrected chi connectivity index (χ0v) is 10.7. The Morgan fingerprint density at radius 3 is 2.72 bits per heavy atom. The van der Waals surface area contributed by atoms with Crippen molar-refractivity contribution in [1.82, 2.24) is 5.32 Å². The molecule has 0 aliphatic carbocycles. The van der Waals surface area contributed by atoms with Gasteiger partial charge in [-0.3, -0.25) is 0 Å². The number of rotatable bonds is 6. The molecule has 1 N–H and O–H groups in total. The lowest BCUT2D eigenvalue weighted by Crippen LogP contribution is -2.14. The van der Waals surface area contributed by atoms with E-state index in [9.17, 15) is 0 Å². The van der Waals surface area contributed by atoms with Crippen LogP contribution in [0, 0.1) is 12.3 Å². The van der Waals surface area contributed by atoms with E-state index in [1.165, 1.54) is 16.3 Å². The summed E-state index contributed by atoms with van der Waals surface area (Å²) in [5.41, 5.74) is 1.37. The van der Waals surface area contributed by atoms with Crippen molar-refractivity contribution in [1.29, 1.82) is 0 Å². The average Bonchev–Trinajstić information content (AvgIpc) is 2.43. The van der Waals surface area contributed by atoms with Gasteiger partial charge < -0.3 is 5.32 Å². The molecule has 18 heavy (non-hydrogen) atoms. The molecule has 0 amide bonds. The number of hydrogen-bond acceptors (Lipinski definition) is 1. The summed E-state index contributed by atoms with van der Waals surface area (Å²) >= 11 is 0. The molecule has 2 rings (SSSR count). The molecule has 0 unspecified atom stereocenters. The molecule has 0 aliphatic heterocycles. The Balaban J connectivity index is 1.90. The second-order valence-corrected chi connectivity index (χ2v) is 4.48. The van der Waals surface area contributed by atoms with Gasteiger partial charge in [-0.2, -0.15) is 0 Å². The van der Waals surface area contributed by atoms with Crippen LogP contribution in [-0.4, -0.2) is 6.54 Å². The summed E-state index contributed by atoms with van der Waals surface area (Å²) in [4.78, 5) is 0. The van der Waals surface area contributed by atoms with E-state index in [1.807, 2.05) is 0 Å². The predicted molar refractivity (Wildman–Crippen MR) is 78.3 cm³/mol. The minimum Gasteiger partial charge on any atom is -0.313 e. The average molecular weight is 237 g/mol. The first-order chi connectivity index (χ1) is 8.92. The van der Waals surface area contributed by atoms with Crippen LogP contribution in [-0.2, 0) is 6.54 Å². The van der Waals surface area contributed by atoms with Gasteiger partial charge in [0.1, 0.15) is 0 Å². The van der Waals surface area contributed by atoms with E-state index in [4.69, 9.17) is 6.42 Å². The molecule has 92 valence electrons. The Hall–Kier alpha value is -1.78. The van der Waals surface area contributed by atoms with Crippen LogP contribution in [0.4, 0.5) is 0 Å². The maximum atomic E-state index is 5.23. The first kappa shape index (κ1) is 12.7. The molecule has 1 nitrogen and oxygen atoms in total. The summed E-state index contributed by atoms with van der Waals surface area (Å²) in [5, 5.41) is 6.14.